The summed E-state index contributed by atoms with van der Waals surface area (Å²) in [5.74, 6) is 0.0358. The summed E-state index contributed by atoms with van der Waals surface area (Å²) in [5, 5.41) is 15.6. The Kier molecular flexibility index (Phi) is 3.28. The zero-order valence-corrected chi connectivity index (χ0v) is 10.7. The van der Waals surface area contributed by atoms with E-state index in [-0.39, 0.29) is 29.9 Å². The molecule has 2 aliphatic rings. The number of hydrogen-bond donors (Lipinski definition) is 2. The Morgan fingerprint density at radius 3 is 3.00 bits per heavy atom. The van der Waals surface area contributed by atoms with Crippen LogP contribution in [0.25, 0.3) is 0 Å². The van der Waals surface area contributed by atoms with E-state index in [0.717, 1.165) is 32.1 Å². The zero-order valence-electron chi connectivity index (χ0n) is 10.7. The summed E-state index contributed by atoms with van der Waals surface area (Å²) in [7, 11) is 0. The quantitative estimate of drug-likeness (QED) is 0.852. The summed E-state index contributed by atoms with van der Waals surface area (Å²) >= 11 is 0. The standard InChI is InChI=1S/C13H18N2O4/c16-8-9-7-10(15-19-9)12(17)14-11-3-6-18-13(11)4-1-2-5-13/h7,11,16H,1-6,8H2,(H,14,17). The zero-order chi connectivity index (χ0) is 13.3. The van der Waals surface area contributed by atoms with Crippen LogP contribution in [0.1, 0.15) is 48.4 Å². The third kappa shape index (κ3) is 2.26. The van der Waals surface area contributed by atoms with Gasteiger partial charge in [0.1, 0.15) is 6.61 Å². The number of hydrogen-bond acceptors (Lipinski definition) is 5. The molecule has 3 rings (SSSR count). The van der Waals surface area contributed by atoms with Crippen molar-refractivity contribution >= 4 is 5.91 Å². The van der Waals surface area contributed by atoms with E-state index in [1.807, 2.05) is 0 Å². The predicted molar refractivity (Wildman–Crippen MR) is 65.4 cm³/mol. The first kappa shape index (κ1) is 12.6. The van der Waals surface area contributed by atoms with Gasteiger partial charge < -0.3 is 19.7 Å². The van der Waals surface area contributed by atoms with Crippen LogP contribution >= 0.6 is 0 Å². The van der Waals surface area contributed by atoms with Crippen LogP contribution in [0.5, 0.6) is 0 Å². The SMILES string of the molecule is O=C(NC1CCOC12CCCC2)c1cc(CO)on1. The lowest BCUT2D eigenvalue weighted by Crippen LogP contribution is -2.48. The minimum absolute atomic E-state index is 0.0526. The summed E-state index contributed by atoms with van der Waals surface area (Å²) in [4.78, 5) is 12.1. The molecule has 1 unspecified atom stereocenters. The lowest BCUT2D eigenvalue weighted by molar-refractivity contribution is -0.00406. The van der Waals surface area contributed by atoms with Crippen molar-refractivity contribution in [1.29, 1.82) is 0 Å². The Balaban J connectivity index is 1.68. The number of nitrogens with one attached hydrogen (secondary N) is 1. The number of aromatic nitrogens is 1. The normalized spacial score (nSPS) is 25.0. The molecule has 1 saturated carbocycles. The number of rotatable bonds is 3. The highest BCUT2D eigenvalue weighted by Gasteiger charge is 2.46. The second kappa shape index (κ2) is 4.94. The van der Waals surface area contributed by atoms with Crippen LogP contribution in [0.2, 0.25) is 0 Å². The number of carbonyl (C=O) groups excluding carboxylic acids is 1. The summed E-state index contributed by atoms with van der Waals surface area (Å²) in [6, 6.07) is 1.52. The summed E-state index contributed by atoms with van der Waals surface area (Å²) in [5.41, 5.74) is 0.0447. The maximum absolute atomic E-state index is 12.1. The lowest BCUT2D eigenvalue weighted by Gasteiger charge is -2.30. The van der Waals surface area contributed by atoms with Gasteiger partial charge in [0.2, 0.25) is 0 Å². The van der Waals surface area contributed by atoms with Crippen molar-refractivity contribution in [2.45, 2.75) is 50.4 Å². The lowest BCUT2D eigenvalue weighted by atomic mass is 9.92. The van der Waals surface area contributed by atoms with Gasteiger partial charge in [0.15, 0.2) is 11.5 Å². The highest BCUT2D eigenvalue weighted by molar-refractivity contribution is 5.92. The Morgan fingerprint density at radius 1 is 1.53 bits per heavy atom. The summed E-state index contributed by atoms with van der Waals surface area (Å²) in [6.45, 7) is 0.447. The van der Waals surface area contributed by atoms with Crippen molar-refractivity contribution in [2.75, 3.05) is 6.61 Å². The van der Waals surface area contributed by atoms with Gasteiger partial charge in [0.05, 0.1) is 11.6 Å². The highest BCUT2D eigenvalue weighted by Crippen LogP contribution is 2.41. The molecule has 1 amide bonds. The monoisotopic (exact) mass is 266 g/mol. The van der Waals surface area contributed by atoms with Crippen LogP contribution in [-0.4, -0.2) is 34.4 Å². The molecule has 1 saturated heterocycles. The fourth-order valence-corrected chi connectivity index (χ4v) is 3.14. The van der Waals surface area contributed by atoms with Crippen LogP contribution in [-0.2, 0) is 11.3 Å². The first-order chi connectivity index (χ1) is 9.23. The number of aliphatic hydroxyl groups is 1. The molecule has 0 bridgehead atoms. The first-order valence-corrected chi connectivity index (χ1v) is 6.75. The second-order valence-corrected chi connectivity index (χ2v) is 5.27. The van der Waals surface area contributed by atoms with E-state index in [0.29, 0.717) is 12.4 Å². The molecule has 1 aliphatic heterocycles. The van der Waals surface area contributed by atoms with Gasteiger partial charge in [-0.05, 0) is 19.3 Å². The van der Waals surface area contributed by atoms with E-state index >= 15 is 0 Å². The largest absolute Gasteiger partial charge is 0.388 e. The molecule has 1 spiro atoms. The van der Waals surface area contributed by atoms with Crippen LogP contribution in [0.3, 0.4) is 0 Å². The fourth-order valence-electron chi connectivity index (χ4n) is 3.14. The third-order valence-electron chi connectivity index (χ3n) is 4.13. The number of nitrogens with zero attached hydrogens (tertiary/aromatic N) is 1. The molecular formula is C13H18N2O4. The van der Waals surface area contributed by atoms with Gasteiger partial charge in [-0.2, -0.15) is 0 Å². The van der Waals surface area contributed by atoms with Gasteiger partial charge in [-0.3, -0.25) is 4.79 Å². The van der Waals surface area contributed by atoms with E-state index in [9.17, 15) is 4.79 Å². The van der Waals surface area contributed by atoms with Crippen LogP contribution in [0.4, 0.5) is 0 Å². The van der Waals surface area contributed by atoms with Gasteiger partial charge in [0.25, 0.3) is 5.91 Å². The molecule has 19 heavy (non-hydrogen) atoms. The molecule has 1 atom stereocenters. The van der Waals surface area contributed by atoms with E-state index in [1.165, 1.54) is 6.07 Å². The molecule has 1 aliphatic carbocycles. The Hall–Kier alpha value is -1.40. The average molecular weight is 266 g/mol. The van der Waals surface area contributed by atoms with Crippen LogP contribution < -0.4 is 5.32 Å². The minimum Gasteiger partial charge on any atom is -0.388 e. The molecule has 1 aromatic heterocycles. The molecule has 1 aromatic rings. The maximum atomic E-state index is 12.1. The second-order valence-electron chi connectivity index (χ2n) is 5.27. The van der Waals surface area contributed by atoms with Crippen molar-refractivity contribution in [3.63, 3.8) is 0 Å². The Bertz CT molecular complexity index is 459. The van der Waals surface area contributed by atoms with E-state index in [4.69, 9.17) is 14.4 Å². The van der Waals surface area contributed by atoms with Crippen LogP contribution in [0.15, 0.2) is 10.6 Å². The van der Waals surface area contributed by atoms with Gasteiger partial charge in [-0.15, -0.1) is 0 Å². The van der Waals surface area contributed by atoms with E-state index in [2.05, 4.69) is 10.5 Å². The average Bonchev–Trinajstić information content (AvgIpc) is 3.14. The molecule has 2 heterocycles. The predicted octanol–water partition coefficient (Wildman–Crippen LogP) is 0.998. The van der Waals surface area contributed by atoms with Crippen molar-refractivity contribution in [3.05, 3.63) is 17.5 Å². The maximum Gasteiger partial charge on any atom is 0.273 e. The van der Waals surface area contributed by atoms with Gasteiger partial charge in [-0.25, -0.2) is 0 Å². The number of ether oxygens (including phenoxy) is 1. The molecule has 0 radical (unpaired) electrons. The van der Waals surface area contributed by atoms with Crippen LogP contribution in [0, 0.1) is 0 Å². The summed E-state index contributed by atoms with van der Waals surface area (Å²) in [6.07, 6.45) is 5.18. The number of amides is 1. The molecule has 2 N–H and O–H groups in total. The fraction of sp³-hybridized carbons (Fsp3) is 0.692. The molecule has 0 aromatic carbocycles. The van der Waals surface area contributed by atoms with Gasteiger partial charge in [-0.1, -0.05) is 18.0 Å². The van der Waals surface area contributed by atoms with Gasteiger partial charge >= 0.3 is 0 Å². The van der Waals surface area contributed by atoms with Crippen molar-refractivity contribution < 1.29 is 19.2 Å². The first-order valence-electron chi connectivity index (χ1n) is 6.75. The third-order valence-corrected chi connectivity index (χ3v) is 4.13. The Morgan fingerprint density at radius 2 is 2.32 bits per heavy atom. The number of carbonyl (C=O) groups is 1. The highest BCUT2D eigenvalue weighted by atomic mass is 16.5. The molecular weight excluding hydrogens is 248 g/mol. The molecule has 6 nitrogen and oxygen atoms in total. The number of aliphatic hydroxyl groups excluding tert-OH is 1. The smallest absolute Gasteiger partial charge is 0.273 e. The molecule has 2 fully saturated rings. The van der Waals surface area contributed by atoms with Crippen molar-refractivity contribution in [1.82, 2.24) is 10.5 Å². The van der Waals surface area contributed by atoms with Crippen molar-refractivity contribution in [2.24, 2.45) is 0 Å². The van der Waals surface area contributed by atoms with E-state index < -0.39 is 0 Å². The molecule has 104 valence electrons. The topological polar surface area (TPSA) is 84.6 Å². The van der Waals surface area contributed by atoms with Crippen molar-refractivity contribution in [3.8, 4) is 0 Å². The summed E-state index contributed by atoms with van der Waals surface area (Å²) < 4.78 is 10.7. The van der Waals surface area contributed by atoms with E-state index in [1.54, 1.807) is 0 Å². The molecule has 6 heteroatoms. The van der Waals surface area contributed by atoms with Gasteiger partial charge in [0, 0.05) is 12.7 Å². The Labute approximate surface area is 111 Å². The minimum atomic E-state index is -0.259.